The Morgan fingerprint density at radius 1 is 1.07 bits per heavy atom. The van der Waals surface area contributed by atoms with Crippen LogP contribution in [0.1, 0.15) is 51.8 Å². The maximum Gasteiger partial charge on any atom is 0.283 e. The van der Waals surface area contributed by atoms with Gasteiger partial charge < -0.3 is 0 Å². The molecular weight excluding hydrogens is 376 g/mol. The van der Waals surface area contributed by atoms with E-state index in [0.29, 0.717) is 23.1 Å². The zero-order valence-corrected chi connectivity index (χ0v) is 17.6. The molecule has 154 valence electrons. The summed E-state index contributed by atoms with van der Waals surface area (Å²) in [5.41, 5.74) is 4.16. The summed E-state index contributed by atoms with van der Waals surface area (Å²) in [5.74, 6) is 1.01. The highest BCUT2D eigenvalue weighted by Crippen LogP contribution is 2.37. The SMILES string of the molecule is CCc1nn2c(nnc3c(=O)n(C4CCCC(C)C4C)cnc32)c1-c1ccccc1. The van der Waals surface area contributed by atoms with Gasteiger partial charge in [0, 0.05) is 6.04 Å². The minimum atomic E-state index is -0.129. The third kappa shape index (κ3) is 2.83. The van der Waals surface area contributed by atoms with Gasteiger partial charge in [0.05, 0.1) is 11.3 Å². The number of hydrogen-bond acceptors (Lipinski definition) is 5. The Morgan fingerprint density at radius 3 is 2.63 bits per heavy atom. The molecule has 0 spiro atoms. The minimum absolute atomic E-state index is 0.129. The molecule has 0 aliphatic heterocycles. The van der Waals surface area contributed by atoms with Crippen molar-refractivity contribution in [1.82, 2.24) is 29.4 Å². The van der Waals surface area contributed by atoms with Gasteiger partial charge in [0.2, 0.25) is 0 Å². The summed E-state index contributed by atoms with van der Waals surface area (Å²) in [4.78, 5) is 18.0. The normalized spacial score (nSPS) is 22.0. The van der Waals surface area contributed by atoms with Gasteiger partial charge in [0.1, 0.15) is 6.33 Å². The lowest BCUT2D eigenvalue weighted by atomic mass is 9.78. The fourth-order valence-corrected chi connectivity index (χ4v) is 4.81. The van der Waals surface area contributed by atoms with Crippen molar-refractivity contribution in [3.8, 4) is 11.1 Å². The van der Waals surface area contributed by atoms with Crippen molar-refractivity contribution in [2.75, 3.05) is 0 Å². The summed E-state index contributed by atoms with van der Waals surface area (Å²) >= 11 is 0. The largest absolute Gasteiger partial charge is 0.294 e. The van der Waals surface area contributed by atoms with Gasteiger partial charge in [-0.15, -0.1) is 10.2 Å². The number of fused-ring (bicyclic) bond motifs is 3. The van der Waals surface area contributed by atoms with E-state index in [0.717, 1.165) is 36.1 Å². The van der Waals surface area contributed by atoms with E-state index < -0.39 is 0 Å². The second-order valence-corrected chi connectivity index (χ2v) is 8.44. The van der Waals surface area contributed by atoms with Crippen LogP contribution in [0.3, 0.4) is 0 Å². The molecule has 7 heteroatoms. The topological polar surface area (TPSA) is 78.0 Å². The van der Waals surface area contributed by atoms with Crippen LogP contribution >= 0.6 is 0 Å². The van der Waals surface area contributed by atoms with Crippen molar-refractivity contribution in [1.29, 1.82) is 0 Å². The zero-order chi connectivity index (χ0) is 20.8. The number of benzene rings is 1. The van der Waals surface area contributed by atoms with Crippen molar-refractivity contribution in [2.45, 2.75) is 52.5 Å². The van der Waals surface area contributed by atoms with Crippen molar-refractivity contribution >= 4 is 16.8 Å². The van der Waals surface area contributed by atoms with Gasteiger partial charge in [-0.1, -0.05) is 63.9 Å². The minimum Gasteiger partial charge on any atom is -0.294 e. The van der Waals surface area contributed by atoms with E-state index in [2.05, 4.69) is 36.0 Å². The molecule has 3 atom stereocenters. The van der Waals surface area contributed by atoms with E-state index in [4.69, 9.17) is 5.10 Å². The second-order valence-electron chi connectivity index (χ2n) is 8.44. The van der Waals surface area contributed by atoms with Crippen molar-refractivity contribution in [3.63, 3.8) is 0 Å². The lowest BCUT2D eigenvalue weighted by molar-refractivity contribution is 0.182. The number of aromatic nitrogens is 6. The van der Waals surface area contributed by atoms with Crippen molar-refractivity contribution in [3.05, 3.63) is 52.7 Å². The molecule has 0 bridgehead atoms. The van der Waals surface area contributed by atoms with Crippen LogP contribution in [-0.2, 0) is 6.42 Å². The molecular formula is C23H26N6O. The Labute approximate surface area is 174 Å². The fourth-order valence-electron chi connectivity index (χ4n) is 4.81. The summed E-state index contributed by atoms with van der Waals surface area (Å²) in [7, 11) is 0. The molecule has 1 aliphatic carbocycles. The molecule has 1 aliphatic rings. The number of rotatable bonds is 3. The molecule has 4 aromatic rings. The van der Waals surface area contributed by atoms with Gasteiger partial charge in [-0.05, 0) is 30.2 Å². The predicted octanol–water partition coefficient (Wildman–Crippen LogP) is 4.06. The Morgan fingerprint density at radius 2 is 1.87 bits per heavy atom. The van der Waals surface area contributed by atoms with Gasteiger partial charge >= 0.3 is 0 Å². The molecule has 0 radical (unpaired) electrons. The first-order valence-electron chi connectivity index (χ1n) is 10.8. The monoisotopic (exact) mass is 402 g/mol. The molecule has 3 heterocycles. The van der Waals surface area contributed by atoms with Crippen LogP contribution in [0.5, 0.6) is 0 Å². The van der Waals surface area contributed by atoms with E-state index >= 15 is 0 Å². The number of nitrogens with zero attached hydrogens (tertiary/aromatic N) is 6. The predicted molar refractivity (Wildman–Crippen MR) is 116 cm³/mol. The third-order valence-electron chi connectivity index (χ3n) is 6.75. The molecule has 7 nitrogen and oxygen atoms in total. The van der Waals surface area contributed by atoms with Gasteiger partial charge in [0.25, 0.3) is 5.56 Å². The number of hydrogen-bond donors (Lipinski definition) is 0. The molecule has 1 aromatic carbocycles. The van der Waals surface area contributed by atoms with E-state index in [9.17, 15) is 4.79 Å². The van der Waals surface area contributed by atoms with Crippen molar-refractivity contribution in [2.24, 2.45) is 11.8 Å². The Bertz CT molecular complexity index is 1280. The standard InChI is InChI=1S/C23H26N6O/c1-4-17-19(16-10-6-5-7-11-16)21-26-25-20-22(29(21)27-17)24-13-28(23(20)30)18-12-8-9-14(2)15(18)3/h5-7,10-11,13-15,18H,4,8-9,12H2,1-3H3. The van der Waals surface area contributed by atoms with E-state index in [1.807, 2.05) is 30.3 Å². The summed E-state index contributed by atoms with van der Waals surface area (Å²) < 4.78 is 3.45. The van der Waals surface area contributed by atoms with E-state index in [-0.39, 0.29) is 17.1 Å². The van der Waals surface area contributed by atoms with Crippen LogP contribution in [0.4, 0.5) is 0 Å². The van der Waals surface area contributed by atoms with Crippen LogP contribution in [0.2, 0.25) is 0 Å². The zero-order valence-electron chi connectivity index (χ0n) is 17.6. The average molecular weight is 403 g/mol. The van der Waals surface area contributed by atoms with Gasteiger partial charge in [-0.2, -0.15) is 9.61 Å². The molecule has 3 aromatic heterocycles. The molecule has 30 heavy (non-hydrogen) atoms. The molecule has 3 unspecified atom stereocenters. The molecule has 0 N–H and O–H groups in total. The molecule has 1 saturated carbocycles. The Hall–Kier alpha value is -3.09. The molecule has 1 fully saturated rings. The second kappa shape index (κ2) is 7.31. The molecule has 5 rings (SSSR count). The van der Waals surface area contributed by atoms with Crippen LogP contribution in [-0.4, -0.2) is 29.4 Å². The smallest absolute Gasteiger partial charge is 0.283 e. The highest BCUT2D eigenvalue weighted by atomic mass is 16.1. The van der Waals surface area contributed by atoms with Crippen molar-refractivity contribution < 1.29 is 0 Å². The molecule has 0 saturated heterocycles. The van der Waals surface area contributed by atoms with Crippen LogP contribution < -0.4 is 5.56 Å². The summed E-state index contributed by atoms with van der Waals surface area (Å²) in [6, 6.07) is 10.2. The van der Waals surface area contributed by atoms with Crippen LogP contribution in [0.25, 0.3) is 27.9 Å². The molecule has 0 amide bonds. The van der Waals surface area contributed by atoms with Gasteiger partial charge in [-0.3, -0.25) is 9.36 Å². The Kier molecular flexibility index (Phi) is 4.60. The highest BCUT2D eigenvalue weighted by molar-refractivity contribution is 5.83. The Balaban J connectivity index is 1.71. The number of aryl methyl sites for hydroxylation is 1. The summed E-state index contributed by atoms with van der Waals surface area (Å²) in [6.45, 7) is 6.56. The summed E-state index contributed by atoms with van der Waals surface area (Å²) in [6.07, 6.45) is 5.77. The maximum absolute atomic E-state index is 13.3. The first-order valence-corrected chi connectivity index (χ1v) is 10.8. The van der Waals surface area contributed by atoms with Gasteiger partial charge in [0.15, 0.2) is 16.8 Å². The first kappa shape index (κ1) is 18.9. The van der Waals surface area contributed by atoms with E-state index in [1.165, 1.54) is 6.42 Å². The average Bonchev–Trinajstić information content (AvgIpc) is 3.16. The first-order chi connectivity index (χ1) is 14.6. The van der Waals surface area contributed by atoms with Gasteiger partial charge in [-0.25, -0.2) is 4.98 Å². The third-order valence-corrected chi connectivity index (χ3v) is 6.75. The maximum atomic E-state index is 13.3. The van der Waals surface area contributed by atoms with E-state index in [1.54, 1.807) is 15.4 Å². The summed E-state index contributed by atoms with van der Waals surface area (Å²) in [5, 5.41) is 13.5. The van der Waals surface area contributed by atoms with Crippen LogP contribution in [0, 0.1) is 11.8 Å². The fraction of sp³-hybridized carbons (Fsp3) is 0.435. The lowest BCUT2D eigenvalue weighted by Crippen LogP contribution is -2.34. The lowest BCUT2D eigenvalue weighted by Gasteiger charge is -2.34. The van der Waals surface area contributed by atoms with Crippen LogP contribution in [0.15, 0.2) is 41.5 Å². The quantitative estimate of drug-likeness (QED) is 0.516. The highest BCUT2D eigenvalue weighted by Gasteiger charge is 2.30.